The van der Waals surface area contributed by atoms with Crippen molar-refractivity contribution < 1.29 is 58.1 Å². The highest BCUT2D eigenvalue weighted by molar-refractivity contribution is 8.76. The molecule has 0 bridgehead atoms. The highest BCUT2D eigenvalue weighted by Gasteiger charge is 2.36. The number of anilines is 4. The van der Waals surface area contributed by atoms with Crippen LogP contribution in [-0.4, -0.2) is 155 Å². The Kier molecular flexibility index (Phi) is 21.2. The molecule has 1 unspecified atom stereocenters. The number of carboxylic acid groups (broad SMARTS) is 2. The molecule has 9 aromatic rings. The summed E-state index contributed by atoms with van der Waals surface area (Å²) in [6.07, 6.45) is -0.164. The van der Waals surface area contributed by atoms with Crippen LogP contribution in [0.3, 0.4) is 0 Å². The van der Waals surface area contributed by atoms with Gasteiger partial charge in [0.25, 0.3) is 23.3 Å². The van der Waals surface area contributed by atoms with Gasteiger partial charge in [0.05, 0.1) is 30.5 Å². The largest absolute Gasteiger partial charge is 0.481 e. The number of amides is 7. The van der Waals surface area contributed by atoms with Crippen LogP contribution in [0.1, 0.15) is 67.8 Å². The van der Waals surface area contributed by atoms with Crippen LogP contribution in [0.5, 0.6) is 5.75 Å². The molecule has 29 nitrogen and oxygen atoms in total. The zero-order chi connectivity index (χ0) is 66.6. The lowest BCUT2D eigenvalue weighted by atomic mass is 9.95. The molecule has 486 valence electrons. The Morgan fingerprint density at radius 1 is 0.755 bits per heavy atom. The number of benzene rings is 5. The standard InChI is InChI=1S/C62H61ClN16O13S2/c63-25-34-29-79(59(88)45-22-33-20-36(15-16-42(33)74-45)72-56(85)43-21-32-6-1-4-9-41(32)73-43)47-24-48(38-7-2-3-8-39(38)51(34)47)92-62(91)67-18-19-93-94-30-46(60(89)90)76-57(86)44(23-50(81)82)75-55(84)40(64)28-69-49(80)10-5-17-66-54(83)31-11-13-35(14-12-31)68-26-37-27-70-53-52(71-37)58(87)78-61(65)77-53/h1-4,6-9,11-16,20-22,24,27,34,40,44,46,68,73-74H,5,10,17-19,23,25-26,28-30,64H2,(H,66,83)(H,67,91)(H,69,80)(H,72,85)(H,75,84)(H,76,86)(H,81,82)(H,89,90)(H3,65,70,77,78,87)/t34-,40-,44?,46-/m0/s1. The molecule has 10 rings (SSSR count). The highest BCUT2D eigenvalue weighted by Crippen LogP contribution is 2.46. The Bertz CT molecular complexity index is 4440. The number of carboxylic acids is 2. The molecular weight excluding hydrogens is 1280 g/mol. The Balaban J connectivity index is 0.640. The van der Waals surface area contributed by atoms with E-state index in [2.05, 4.69) is 67.1 Å². The minimum absolute atomic E-state index is 0.0377. The maximum Gasteiger partial charge on any atom is 0.412 e. The second-order valence-electron chi connectivity index (χ2n) is 21.5. The van der Waals surface area contributed by atoms with Crippen LogP contribution in [0.25, 0.3) is 43.7 Å². The predicted molar refractivity (Wildman–Crippen MR) is 355 cm³/mol. The number of H-pyrrole nitrogens is 3. The van der Waals surface area contributed by atoms with E-state index in [-0.39, 0.29) is 103 Å². The second kappa shape index (κ2) is 30.1. The maximum absolute atomic E-state index is 14.4. The van der Waals surface area contributed by atoms with Crippen molar-refractivity contribution in [3.63, 3.8) is 0 Å². The van der Waals surface area contributed by atoms with Gasteiger partial charge < -0.3 is 78.5 Å². The summed E-state index contributed by atoms with van der Waals surface area (Å²) < 4.78 is 5.87. The van der Waals surface area contributed by atoms with E-state index in [0.29, 0.717) is 50.3 Å². The third-order valence-electron chi connectivity index (χ3n) is 14.9. The number of carbonyl (C=O) groups excluding carboxylic acids is 7. The lowest BCUT2D eigenvalue weighted by Gasteiger charge is -2.22. The molecule has 0 radical (unpaired) electrons. The van der Waals surface area contributed by atoms with Gasteiger partial charge >= 0.3 is 18.0 Å². The van der Waals surface area contributed by atoms with Crippen LogP contribution in [0.4, 0.5) is 27.8 Å². The van der Waals surface area contributed by atoms with E-state index in [1.807, 2.05) is 36.4 Å². The molecule has 4 aromatic heterocycles. The molecule has 16 N–H and O–H groups in total. The average molecular weight is 1340 g/mol. The number of aliphatic carboxylic acids is 2. The van der Waals surface area contributed by atoms with Crippen LogP contribution in [0.15, 0.2) is 120 Å². The summed E-state index contributed by atoms with van der Waals surface area (Å²) in [5, 5.41) is 40.8. The maximum atomic E-state index is 14.4. The van der Waals surface area contributed by atoms with E-state index in [1.54, 1.807) is 77.7 Å². The van der Waals surface area contributed by atoms with E-state index in [0.717, 1.165) is 43.4 Å². The number of nitrogen functional groups attached to an aromatic ring is 1. The lowest BCUT2D eigenvalue weighted by Crippen LogP contribution is -2.57. The average Bonchev–Trinajstić information content (AvgIpc) is 1.58. The van der Waals surface area contributed by atoms with Crippen molar-refractivity contribution >= 4 is 153 Å². The molecule has 1 aliphatic rings. The van der Waals surface area contributed by atoms with E-state index < -0.39 is 78.3 Å². The first kappa shape index (κ1) is 66.2. The number of alkyl halides is 1. The van der Waals surface area contributed by atoms with Crippen molar-refractivity contribution in [2.24, 2.45) is 5.73 Å². The van der Waals surface area contributed by atoms with Crippen molar-refractivity contribution in [2.75, 3.05) is 64.8 Å². The Labute approximate surface area is 545 Å². The molecule has 5 aromatic carbocycles. The fourth-order valence-electron chi connectivity index (χ4n) is 10.2. The van der Waals surface area contributed by atoms with Gasteiger partial charge in [-0.2, -0.15) is 4.98 Å². The van der Waals surface area contributed by atoms with Crippen LogP contribution in [0, 0.1) is 0 Å². The number of carbonyl (C=O) groups is 9. The number of ether oxygens (including phenoxy) is 1. The summed E-state index contributed by atoms with van der Waals surface area (Å²) in [6, 6.07) is 26.9. The number of aromatic amines is 3. The number of rotatable bonds is 28. The number of para-hydroxylation sites is 1. The van der Waals surface area contributed by atoms with E-state index in [4.69, 9.17) is 27.8 Å². The molecule has 0 saturated heterocycles. The molecule has 7 amide bonds. The van der Waals surface area contributed by atoms with Gasteiger partial charge in [0, 0.05) is 106 Å². The van der Waals surface area contributed by atoms with E-state index in [9.17, 15) is 58.2 Å². The first-order valence-electron chi connectivity index (χ1n) is 29.2. The van der Waals surface area contributed by atoms with Crippen LogP contribution >= 0.6 is 33.2 Å². The minimum Gasteiger partial charge on any atom is -0.481 e. The van der Waals surface area contributed by atoms with Crippen molar-refractivity contribution in [1.82, 2.24) is 56.5 Å². The fraction of sp³-hybridized carbons (Fsp3) is 0.242. The number of hydrogen-bond donors (Lipinski definition) is 14. The van der Waals surface area contributed by atoms with Crippen LogP contribution in [-0.2, 0) is 30.5 Å². The van der Waals surface area contributed by atoms with Gasteiger partial charge in [0.1, 0.15) is 35.3 Å². The van der Waals surface area contributed by atoms with E-state index >= 15 is 0 Å². The SMILES string of the molecule is Nc1nc2ncc(CNc3ccc(C(=O)NCCCC(=O)NC[C@H](N)C(=O)NC(CC(=O)O)C(=O)N[C@@H](CSSCCNC(=O)Oc4cc5c(c6ccccc46)[C@@H](CCl)CN5C(=O)c4cc5cc(NC(=O)c6cc7ccccc7[nH]6)ccc5[nH]4)C(=O)O)cc3)nc2c(=O)[nH]1. The molecule has 5 heterocycles. The fourth-order valence-corrected chi connectivity index (χ4v) is 12.6. The Hall–Kier alpha value is -10.8. The quantitative estimate of drug-likeness (QED) is 0.0176. The first-order chi connectivity index (χ1) is 45.3. The van der Waals surface area contributed by atoms with Gasteiger partial charge in [0.15, 0.2) is 11.2 Å². The van der Waals surface area contributed by atoms with E-state index in [1.165, 1.54) is 6.20 Å². The summed E-state index contributed by atoms with van der Waals surface area (Å²) in [5.74, 6) is -6.66. The number of hydrogen-bond acceptors (Lipinski definition) is 19. The molecule has 0 aliphatic carbocycles. The summed E-state index contributed by atoms with van der Waals surface area (Å²) in [6.45, 7) is 0.206. The molecule has 32 heteroatoms. The summed E-state index contributed by atoms with van der Waals surface area (Å²) in [4.78, 5) is 151. The Morgan fingerprint density at radius 3 is 2.24 bits per heavy atom. The molecular formula is C62H61ClN16O13S2. The monoisotopic (exact) mass is 1340 g/mol. The van der Waals surface area contributed by atoms with Crippen molar-refractivity contribution in [3.05, 3.63) is 154 Å². The molecule has 1 aliphatic heterocycles. The number of nitrogens with one attached hydrogen (secondary N) is 10. The van der Waals surface area contributed by atoms with Gasteiger partial charge in [-0.1, -0.05) is 64.1 Å². The molecule has 94 heavy (non-hydrogen) atoms. The highest BCUT2D eigenvalue weighted by atomic mass is 35.5. The van der Waals surface area contributed by atoms with Gasteiger partial charge in [-0.3, -0.25) is 43.3 Å². The molecule has 0 spiro atoms. The van der Waals surface area contributed by atoms with Crippen molar-refractivity contribution in [1.29, 1.82) is 0 Å². The number of aromatic nitrogens is 6. The summed E-state index contributed by atoms with van der Waals surface area (Å²) in [7, 11) is 2.19. The van der Waals surface area contributed by atoms with Gasteiger partial charge in [0.2, 0.25) is 23.7 Å². The topological polar surface area (TPSA) is 446 Å². The summed E-state index contributed by atoms with van der Waals surface area (Å²) in [5.41, 5.74) is 16.6. The smallest absolute Gasteiger partial charge is 0.412 e. The summed E-state index contributed by atoms with van der Waals surface area (Å²) >= 11 is 6.55. The van der Waals surface area contributed by atoms with Gasteiger partial charge in [-0.05, 0) is 78.0 Å². The van der Waals surface area contributed by atoms with Crippen LogP contribution in [0.2, 0.25) is 0 Å². The normalized spacial score (nSPS) is 13.6. The van der Waals surface area contributed by atoms with Gasteiger partial charge in [-0.25, -0.2) is 19.6 Å². The number of nitrogens with zero attached hydrogens (tertiary/aromatic N) is 4. The zero-order valence-corrected chi connectivity index (χ0v) is 52.0. The number of halogens is 1. The minimum atomic E-state index is -1.75. The third-order valence-corrected chi connectivity index (χ3v) is 17.7. The molecule has 4 atom stereocenters. The predicted octanol–water partition coefficient (Wildman–Crippen LogP) is 4.91. The Morgan fingerprint density at radius 2 is 1.48 bits per heavy atom. The molecule has 0 fully saturated rings. The first-order valence-corrected chi connectivity index (χ1v) is 32.2. The van der Waals surface area contributed by atoms with Crippen molar-refractivity contribution in [3.8, 4) is 5.75 Å². The number of nitrogens with two attached hydrogens (primary N) is 2. The van der Waals surface area contributed by atoms with Crippen LogP contribution < -0.4 is 63.9 Å². The number of fused-ring (bicyclic) bond motifs is 6. The molecule has 0 saturated carbocycles. The second-order valence-corrected chi connectivity index (χ2v) is 24.4. The van der Waals surface area contributed by atoms with Crippen molar-refractivity contribution in [2.45, 2.75) is 49.9 Å². The third kappa shape index (κ3) is 16.3. The lowest BCUT2D eigenvalue weighted by molar-refractivity contribution is -0.143. The zero-order valence-electron chi connectivity index (χ0n) is 49.6. The van der Waals surface area contributed by atoms with Gasteiger partial charge in [-0.15, -0.1) is 11.6 Å².